The number of nitrogens with zero attached hydrogens (tertiary/aromatic N) is 5. The largest absolute Gasteiger partial charge is 0.496 e. The van der Waals surface area contributed by atoms with Gasteiger partial charge in [-0.05, 0) is 37.6 Å². The molecule has 0 fully saturated rings. The second kappa shape index (κ2) is 10.4. The van der Waals surface area contributed by atoms with Crippen LogP contribution in [0.5, 0.6) is 5.75 Å². The van der Waals surface area contributed by atoms with Crippen LogP contribution in [0.3, 0.4) is 0 Å². The van der Waals surface area contributed by atoms with Crippen molar-refractivity contribution in [3.05, 3.63) is 50.8 Å². The average Bonchev–Trinajstić information content (AvgIpc) is 3.34. The first-order chi connectivity index (χ1) is 14.9. The number of carbonyl (C=O) groups is 1. The standard InChI is InChI=1S/C19H22N6O4S2/c1-12-18(25(27)28)13(2)24(23-12)10-17(26)22-21-9-14-4-5-16(29-3)15(8-14)11-31-19-20-6-7-30-19/h4-5,8-9H,6-7,10-11H2,1-3H3,(H,22,26)/b21-9+. The lowest BCUT2D eigenvalue weighted by Crippen LogP contribution is -2.24. The van der Waals surface area contributed by atoms with Gasteiger partial charge in [0.05, 0.1) is 24.8 Å². The number of nitro groups is 1. The van der Waals surface area contributed by atoms with Gasteiger partial charge >= 0.3 is 5.69 Å². The Kier molecular flexibility index (Phi) is 7.69. The fourth-order valence-corrected chi connectivity index (χ4v) is 4.98. The number of hydrogen-bond acceptors (Lipinski definition) is 9. The molecule has 0 spiro atoms. The van der Waals surface area contributed by atoms with Crippen molar-refractivity contribution in [3.8, 4) is 5.75 Å². The molecular formula is C19H22N6O4S2. The lowest BCUT2D eigenvalue weighted by molar-refractivity contribution is -0.386. The predicted molar refractivity (Wildman–Crippen MR) is 123 cm³/mol. The van der Waals surface area contributed by atoms with Crippen molar-refractivity contribution in [3.63, 3.8) is 0 Å². The Hall–Kier alpha value is -2.86. The number of nitrogens with one attached hydrogen (secondary N) is 1. The average molecular weight is 463 g/mol. The number of amides is 1. The number of aromatic nitrogens is 2. The normalized spacial score (nSPS) is 13.5. The summed E-state index contributed by atoms with van der Waals surface area (Å²) in [7, 11) is 1.63. The maximum atomic E-state index is 12.2. The van der Waals surface area contributed by atoms with Crippen molar-refractivity contribution in [1.82, 2.24) is 15.2 Å². The van der Waals surface area contributed by atoms with Crippen LogP contribution in [0.4, 0.5) is 5.69 Å². The molecule has 0 bridgehead atoms. The molecule has 1 aromatic carbocycles. The van der Waals surface area contributed by atoms with Crippen LogP contribution in [0.2, 0.25) is 0 Å². The molecular weight excluding hydrogens is 440 g/mol. The summed E-state index contributed by atoms with van der Waals surface area (Å²) < 4.78 is 7.81. The summed E-state index contributed by atoms with van der Waals surface area (Å²) in [6, 6.07) is 5.65. The van der Waals surface area contributed by atoms with Crippen LogP contribution in [0.1, 0.15) is 22.5 Å². The quantitative estimate of drug-likeness (QED) is 0.363. The van der Waals surface area contributed by atoms with Gasteiger partial charge in [-0.3, -0.25) is 24.6 Å². The molecule has 12 heteroatoms. The zero-order valence-corrected chi connectivity index (χ0v) is 19.0. The van der Waals surface area contributed by atoms with E-state index in [1.807, 2.05) is 18.2 Å². The smallest absolute Gasteiger partial charge is 0.312 e. The monoisotopic (exact) mass is 462 g/mol. The maximum Gasteiger partial charge on any atom is 0.312 e. The van der Waals surface area contributed by atoms with E-state index >= 15 is 0 Å². The minimum absolute atomic E-state index is 0.0816. The maximum absolute atomic E-state index is 12.2. The predicted octanol–water partition coefficient (Wildman–Crippen LogP) is 2.90. The summed E-state index contributed by atoms with van der Waals surface area (Å²) in [4.78, 5) is 27.2. The first kappa shape index (κ1) is 22.8. The molecule has 31 heavy (non-hydrogen) atoms. The molecule has 10 nitrogen and oxygen atoms in total. The molecule has 0 atom stereocenters. The number of aliphatic imine (C=N–C) groups is 1. The van der Waals surface area contributed by atoms with Gasteiger partial charge in [-0.25, -0.2) is 5.43 Å². The van der Waals surface area contributed by atoms with Crippen LogP contribution < -0.4 is 10.2 Å². The highest BCUT2D eigenvalue weighted by Gasteiger charge is 2.22. The van der Waals surface area contributed by atoms with Gasteiger partial charge < -0.3 is 4.74 Å². The third kappa shape index (κ3) is 5.85. The molecule has 1 amide bonds. The zero-order chi connectivity index (χ0) is 22.4. The van der Waals surface area contributed by atoms with E-state index in [0.717, 1.165) is 39.3 Å². The van der Waals surface area contributed by atoms with Gasteiger partial charge in [-0.15, -0.1) is 0 Å². The van der Waals surface area contributed by atoms with Crippen LogP contribution in [-0.2, 0) is 17.1 Å². The van der Waals surface area contributed by atoms with E-state index in [4.69, 9.17) is 4.74 Å². The minimum atomic E-state index is -0.498. The van der Waals surface area contributed by atoms with Gasteiger partial charge in [0.2, 0.25) is 0 Å². The Morgan fingerprint density at radius 2 is 2.29 bits per heavy atom. The van der Waals surface area contributed by atoms with Crippen molar-refractivity contribution in [2.24, 2.45) is 10.1 Å². The number of hydrogen-bond donors (Lipinski definition) is 1. The summed E-state index contributed by atoms with van der Waals surface area (Å²) in [5.74, 6) is 2.09. The molecule has 2 aromatic rings. The molecule has 1 N–H and O–H groups in total. The minimum Gasteiger partial charge on any atom is -0.496 e. The molecule has 3 rings (SSSR count). The van der Waals surface area contributed by atoms with Crippen molar-refractivity contribution in [2.45, 2.75) is 26.1 Å². The van der Waals surface area contributed by atoms with Gasteiger partial charge in [-0.2, -0.15) is 10.2 Å². The molecule has 0 aliphatic carbocycles. The number of thioether (sulfide) groups is 2. The Balaban J connectivity index is 1.61. The molecule has 0 saturated heterocycles. The SMILES string of the molecule is COc1ccc(/C=N/NC(=O)Cn2nc(C)c([N+](=O)[O-])c2C)cc1CSC1=NCCS1. The summed E-state index contributed by atoms with van der Waals surface area (Å²) in [6.07, 6.45) is 1.54. The molecule has 1 aliphatic heterocycles. The fraction of sp³-hybridized carbons (Fsp3) is 0.368. The van der Waals surface area contributed by atoms with E-state index in [-0.39, 0.29) is 17.9 Å². The Morgan fingerprint density at radius 1 is 1.48 bits per heavy atom. The van der Waals surface area contributed by atoms with Gasteiger partial charge in [-0.1, -0.05) is 23.5 Å². The lowest BCUT2D eigenvalue weighted by Gasteiger charge is -2.09. The second-order valence-corrected chi connectivity index (χ2v) is 8.89. The number of methoxy groups -OCH3 is 1. The van der Waals surface area contributed by atoms with Crippen molar-refractivity contribution in [1.29, 1.82) is 0 Å². The van der Waals surface area contributed by atoms with E-state index in [0.29, 0.717) is 5.69 Å². The Bertz CT molecular complexity index is 1050. The molecule has 1 aromatic heterocycles. The highest BCUT2D eigenvalue weighted by molar-refractivity contribution is 8.38. The van der Waals surface area contributed by atoms with Crippen molar-refractivity contribution in [2.75, 3.05) is 19.4 Å². The summed E-state index contributed by atoms with van der Waals surface area (Å²) in [6.45, 7) is 3.79. The summed E-state index contributed by atoms with van der Waals surface area (Å²) in [5.41, 5.74) is 4.75. The number of carbonyl (C=O) groups excluding carboxylic acids is 1. The van der Waals surface area contributed by atoms with Crippen LogP contribution in [0.15, 0.2) is 28.3 Å². The third-order valence-electron chi connectivity index (χ3n) is 4.44. The van der Waals surface area contributed by atoms with Crippen LogP contribution in [-0.4, -0.2) is 50.6 Å². The highest BCUT2D eigenvalue weighted by Crippen LogP contribution is 2.29. The summed E-state index contributed by atoms with van der Waals surface area (Å²) >= 11 is 3.43. The number of hydrazone groups is 1. The van der Waals surface area contributed by atoms with E-state index in [9.17, 15) is 14.9 Å². The Morgan fingerprint density at radius 3 is 2.94 bits per heavy atom. The Labute approximate surface area is 187 Å². The van der Waals surface area contributed by atoms with E-state index in [1.165, 1.54) is 17.8 Å². The van der Waals surface area contributed by atoms with Crippen LogP contribution in [0, 0.1) is 24.0 Å². The number of ether oxygens (including phenoxy) is 1. The number of benzene rings is 1. The lowest BCUT2D eigenvalue weighted by atomic mass is 10.1. The van der Waals surface area contributed by atoms with Crippen molar-refractivity contribution >= 4 is 45.7 Å². The van der Waals surface area contributed by atoms with Crippen LogP contribution in [0.25, 0.3) is 0 Å². The van der Waals surface area contributed by atoms with E-state index in [1.54, 1.807) is 37.6 Å². The van der Waals surface area contributed by atoms with Gasteiger partial charge in [0.15, 0.2) is 0 Å². The first-order valence-electron chi connectivity index (χ1n) is 9.36. The zero-order valence-electron chi connectivity index (χ0n) is 17.3. The molecule has 2 heterocycles. The first-order valence-corrected chi connectivity index (χ1v) is 11.3. The second-order valence-electron chi connectivity index (χ2n) is 6.58. The number of aryl methyl sites for hydroxylation is 1. The van der Waals surface area contributed by atoms with Gasteiger partial charge in [0.1, 0.15) is 28.1 Å². The van der Waals surface area contributed by atoms with Crippen molar-refractivity contribution < 1.29 is 14.5 Å². The highest BCUT2D eigenvalue weighted by atomic mass is 32.2. The third-order valence-corrected chi connectivity index (χ3v) is 6.74. The molecule has 0 saturated carbocycles. The molecule has 1 aliphatic rings. The van der Waals surface area contributed by atoms with Crippen LogP contribution >= 0.6 is 23.5 Å². The fourth-order valence-electron chi connectivity index (χ4n) is 2.99. The molecule has 0 radical (unpaired) electrons. The van der Waals surface area contributed by atoms with E-state index < -0.39 is 10.8 Å². The van der Waals surface area contributed by atoms with E-state index in [2.05, 4.69) is 20.6 Å². The number of rotatable bonds is 8. The summed E-state index contributed by atoms with van der Waals surface area (Å²) in [5, 5.41) is 19.1. The molecule has 0 unspecified atom stereocenters. The topological polar surface area (TPSA) is 124 Å². The van der Waals surface area contributed by atoms with Gasteiger partial charge in [0.25, 0.3) is 5.91 Å². The van der Waals surface area contributed by atoms with Gasteiger partial charge in [0, 0.05) is 17.1 Å². The molecule has 164 valence electrons.